The summed E-state index contributed by atoms with van der Waals surface area (Å²) in [6.07, 6.45) is 5.65. The predicted molar refractivity (Wildman–Crippen MR) is 133 cm³/mol. The van der Waals surface area contributed by atoms with E-state index in [1.165, 1.54) is 25.3 Å². The minimum absolute atomic E-state index is 0.0477. The highest BCUT2D eigenvalue weighted by molar-refractivity contribution is 8.00. The maximum Gasteiger partial charge on any atom is 0.339 e. The normalized spacial score (nSPS) is 13.7. The van der Waals surface area contributed by atoms with Gasteiger partial charge in [-0.25, -0.2) is 4.79 Å². The Bertz CT molecular complexity index is 1020. The molecule has 7 nitrogen and oxygen atoms in total. The lowest BCUT2D eigenvalue weighted by Gasteiger charge is -2.31. The van der Waals surface area contributed by atoms with Gasteiger partial charge in [-0.15, -0.1) is 11.8 Å². The van der Waals surface area contributed by atoms with Gasteiger partial charge in [0.1, 0.15) is 5.75 Å². The zero-order chi connectivity index (χ0) is 24.5. The molecule has 0 unspecified atom stereocenters. The number of aryl methyl sites for hydroxylation is 1. The fraction of sp³-hybridized carbons (Fsp3) is 0.423. The molecule has 0 heterocycles. The molecule has 1 N–H and O–H groups in total. The van der Waals surface area contributed by atoms with Crippen molar-refractivity contribution in [3.8, 4) is 5.75 Å². The summed E-state index contributed by atoms with van der Waals surface area (Å²) in [5.41, 5.74) is 1.81. The summed E-state index contributed by atoms with van der Waals surface area (Å²) in [4.78, 5) is 40.2. The van der Waals surface area contributed by atoms with Gasteiger partial charge in [0.2, 0.25) is 5.91 Å². The molecule has 1 saturated carbocycles. The maximum atomic E-state index is 12.7. The van der Waals surface area contributed by atoms with Gasteiger partial charge in [0.05, 0.1) is 24.1 Å². The van der Waals surface area contributed by atoms with Crippen LogP contribution in [0, 0.1) is 6.92 Å². The number of hydrogen-bond donors (Lipinski definition) is 1. The van der Waals surface area contributed by atoms with Crippen molar-refractivity contribution >= 4 is 35.2 Å². The van der Waals surface area contributed by atoms with Gasteiger partial charge in [-0.2, -0.15) is 0 Å². The molecule has 2 aromatic rings. The molecule has 0 saturated heterocycles. The Hall–Kier alpha value is -3.00. The number of nitrogens with zero attached hydrogens (tertiary/aromatic N) is 1. The molecule has 8 heteroatoms. The number of anilines is 1. The average molecular weight is 485 g/mol. The third-order valence-corrected chi connectivity index (χ3v) is 7.00. The number of nitrogens with one attached hydrogen (secondary N) is 1. The number of benzene rings is 2. The van der Waals surface area contributed by atoms with Crippen molar-refractivity contribution in [2.45, 2.75) is 50.0 Å². The molecule has 0 atom stereocenters. The summed E-state index contributed by atoms with van der Waals surface area (Å²) in [5, 5.41) is 2.71. The van der Waals surface area contributed by atoms with E-state index in [9.17, 15) is 14.4 Å². The van der Waals surface area contributed by atoms with Crippen LogP contribution in [0.1, 0.15) is 48.0 Å². The largest absolute Gasteiger partial charge is 0.495 e. The number of methoxy groups -OCH3 is 1. The lowest BCUT2D eigenvalue weighted by molar-refractivity contribution is -0.129. The van der Waals surface area contributed by atoms with Gasteiger partial charge in [0.25, 0.3) is 5.91 Å². The number of esters is 1. The summed E-state index contributed by atoms with van der Waals surface area (Å²) in [5.74, 6) is -0.263. The van der Waals surface area contributed by atoms with Crippen LogP contribution < -0.4 is 10.1 Å². The zero-order valence-corrected chi connectivity index (χ0v) is 20.8. The number of ether oxygens (including phenoxy) is 2. The van der Waals surface area contributed by atoms with E-state index in [-0.39, 0.29) is 11.7 Å². The molecule has 2 aromatic carbocycles. The first-order valence-electron chi connectivity index (χ1n) is 11.5. The van der Waals surface area contributed by atoms with Gasteiger partial charge >= 0.3 is 5.97 Å². The second-order valence-electron chi connectivity index (χ2n) is 8.41. The number of hydrogen-bond acceptors (Lipinski definition) is 6. The van der Waals surface area contributed by atoms with Crippen LogP contribution in [-0.4, -0.2) is 55.2 Å². The van der Waals surface area contributed by atoms with Crippen molar-refractivity contribution in [2.75, 3.05) is 31.8 Å². The molecule has 1 aliphatic carbocycles. The number of thioether (sulfide) groups is 1. The molecule has 0 spiro atoms. The Labute approximate surface area is 205 Å². The fourth-order valence-corrected chi connectivity index (χ4v) is 4.95. The number of carbonyl (C=O) groups is 3. The number of rotatable bonds is 9. The van der Waals surface area contributed by atoms with Crippen molar-refractivity contribution in [3.05, 3.63) is 53.6 Å². The van der Waals surface area contributed by atoms with Crippen molar-refractivity contribution in [1.29, 1.82) is 0 Å². The molecule has 0 bridgehead atoms. The van der Waals surface area contributed by atoms with Gasteiger partial charge in [-0.05, 0) is 49.6 Å². The minimum Gasteiger partial charge on any atom is -0.495 e. The van der Waals surface area contributed by atoms with Gasteiger partial charge in [0, 0.05) is 18.0 Å². The summed E-state index contributed by atoms with van der Waals surface area (Å²) in [7, 11) is 3.38. The SMILES string of the molecule is COc1ccc(C)cc1NC(=O)COC(=O)c1ccccc1SCC(=O)N(C)C1CCCCC1. The molecule has 0 aliphatic heterocycles. The van der Waals surface area contributed by atoms with Crippen LogP contribution in [0.25, 0.3) is 0 Å². The Kier molecular flexibility index (Phi) is 9.39. The molecule has 34 heavy (non-hydrogen) atoms. The molecule has 1 aliphatic rings. The summed E-state index contributed by atoms with van der Waals surface area (Å²) < 4.78 is 10.5. The third kappa shape index (κ3) is 7.00. The molecule has 1 fully saturated rings. The quantitative estimate of drug-likeness (QED) is 0.411. The number of carbonyl (C=O) groups excluding carboxylic acids is 3. The van der Waals surface area contributed by atoms with Crippen LogP contribution in [0.2, 0.25) is 0 Å². The van der Waals surface area contributed by atoms with E-state index >= 15 is 0 Å². The molecule has 3 rings (SSSR count). The van der Waals surface area contributed by atoms with E-state index in [4.69, 9.17) is 9.47 Å². The first kappa shape index (κ1) is 25.6. The smallest absolute Gasteiger partial charge is 0.339 e. The Balaban J connectivity index is 1.55. The molecular weight excluding hydrogens is 452 g/mol. The van der Waals surface area contributed by atoms with Gasteiger partial charge < -0.3 is 19.7 Å². The highest BCUT2D eigenvalue weighted by Gasteiger charge is 2.23. The van der Waals surface area contributed by atoms with E-state index in [0.29, 0.717) is 27.9 Å². The van der Waals surface area contributed by atoms with Crippen molar-refractivity contribution in [3.63, 3.8) is 0 Å². The van der Waals surface area contributed by atoms with Crippen molar-refractivity contribution in [1.82, 2.24) is 4.90 Å². The van der Waals surface area contributed by atoms with E-state index in [2.05, 4.69) is 5.32 Å². The van der Waals surface area contributed by atoms with Crippen LogP contribution in [0.5, 0.6) is 5.75 Å². The van der Waals surface area contributed by atoms with Gasteiger partial charge in [-0.3, -0.25) is 9.59 Å². The van der Waals surface area contributed by atoms with Crippen molar-refractivity contribution in [2.24, 2.45) is 0 Å². The Morgan fingerprint density at radius 1 is 1.09 bits per heavy atom. The van der Waals surface area contributed by atoms with Crippen molar-refractivity contribution < 1.29 is 23.9 Å². The van der Waals surface area contributed by atoms with Crippen LogP contribution >= 0.6 is 11.8 Å². The minimum atomic E-state index is -0.609. The second-order valence-corrected chi connectivity index (χ2v) is 9.43. The average Bonchev–Trinajstić information content (AvgIpc) is 2.86. The van der Waals surface area contributed by atoms with E-state index in [1.807, 2.05) is 31.0 Å². The predicted octanol–water partition coefficient (Wildman–Crippen LogP) is 4.68. The molecular formula is C26H32N2O5S. The Morgan fingerprint density at radius 2 is 1.82 bits per heavy atom. The Morgan fingerprint density at radius 3 is 2.56 bits per heavy atom. The van der Waals surface area contributed by atoms with Crippen LogP contribution in [-0.2, 0) is 14.3 Å². The summed E-state index contributed by atoms with van der Waals surface area (Å²) in [6, 6.07) is 12.7. The molecule has 0 aromatic heterocycles. The number of amides is 2. The van der Waals surface area contributed by atoms with E-state index < -0.39 is 18.5 Å². The standard InChI is InChI=1S/C26H32N2O5S/c1-18-13-14-22(32-3)21(15-18)27-24(29)16-33-26(31)20-11-7-8-12-23(20)34-17-25(30)28(2)19-9-5-4-6-10-19/h7-8,11-15,19H,4-6,9-10,16-17H2,1-3H3,(H,27,29). The van der Waals surface area contributed by atoms with Crippen LogP contribution in [0.3, 0.4) is 0 Å². The van der Waals surface area contributed by atoms with E-state index in [1.54, 1.807) is 30.3 Å². The fourth-order valence-electron chi connectivity index (χ4n) is 3.99. The summed E-state index contributed by atoms with van der Waals surface area (Å²) >= 11 is 1.31. The van der Waals surface area contributed by atoms with Crippen LogP contribution in [0.15, 0.2) is 47.4 Å². The molecule has 182 valence electrons. The highest BCUT2D eigenvalue weighted by atomic mass is 32.2. The topological polar surface area (TPSA) is 84.9 Å². The van der Waals surface area contributed by atoms with Crippen LogP contribution in [0.4, 0.5) is 5.69 Å². The third-order valence-electron chi connectivity index (χ3n) is 5.94. The zero-order valence-electron chi connectivity index (χ0n) is 20.0. The monoisotopic (exact) mass is 484 g/mol. The second kappa shape index (κ2) is 12.5. The summed E-state index contributed by atoms with van der Waals surface area (Å²) in [6.45, 7) is 1.47. The maximum absolute atomic E-state index is 12.7. The molecule has 0 radical (unpaired) electrons. The first-order valence-corrected chi connectivity index (χ1v) is 12.5. The lowest BCUT2D eigenvalue weighted by atomic mass is 9.94. The van der Waals surface area contributed by atoms with Gasteiger partial charge in [0.15, 0.2) is 6.61 Å². The van der Waals surface area contributed by atoms with E-state index in [0.717, 1.165) is 31.2 Å². The molecule has 2 amide bonds. The highest BCUT2D eigenvalue weighted by Crippen LogP contribution is 2.27. The van der Waals surface area contributed by atoms with Gasteiger partial charge in [-0.1, -0.05) is 37.5 Å². The first-order chi connectivity index (χ1) is 16.4. The lowest BCUT2D eigenvalue weighted by Crippen LogP contribution is -2.39.